The first-order valence-electron chi connectivity index (χ1n) is 19.3. The zero-order valence-electron chi connectivity index (χ0n) is 31.6. The minimum absolute atomic E-state index is 0.0320. The second kappa shape index (κ2) is 15.5. The van der Waals surface area contributed by atoms with Crippen molar-refractivity contribution < 1.29 is 14.4 Å². The van der Waals surface area contributed by atoms with Crippen LogP contribution in [-0.4, -0.2) is 87.6 Å². The van der Waals surface area contributed by atoms with E-state index in [1.54, 1.807) is 4.90 Å². The molecule has 280 valence electrons. The van der Waals surface area contributed by atoms with Crippen molar-refractivity contribution in [2.75, 3.05) is 32.5 Å². The molecule has 55 heavy (non-hydrogen) atoms. The number of amides is 3. The largest absolute Gasteiger partial charge is 0.334 e. The lowest BCUT2D eigenvalue weighted by Gasteiger charge is -2.31. The van der Waals surface area contributed by atoms with Crippen molar-refractivity contribution >= 4 is 45.7 Å². The van der Waals surface area contributed by atoms with E-state index in [0.29, 0.717) is 18.8 Å². The Morgan fingerprint density at radius 2 is 1.44 bits per heavy atom. The van der Waals surface area contributed by atoms with Crippen LogP contribution in [0.2, 0.25) is 0 Å². The van der Waals surface area contributed by atoms with Crippen molar-refractivity contribution in [2.24, 2.45) is 4.99 Å². The van der Waals surface area contributed by atoms with Gasteiger partial charge in [0.05, 0.1) is 17.5 Å². The third kappa shape index (κ3) is 7.22. The molecule has 3 amide bonds. The fourth-order valence-corrected chi connectivity index (χ4v) is 8.46. The number of carbonyl (C=O) groups is 3. The molecule has 4 atom stereocenters. The summed E-state index contributed by atoms with van der Waals surface area (Å²) in [5.41, 5.74) is 8.09. The highest BCUT2D eigenvalue weighted by molar-refractivity contribution is 6.05. The SMILES string of the molecule is C[C@@H](C(=O)N1CCC[C@H]1C1=NC=C(c2ccc(-c3ccc4[nH]nc(NC(=O)[C@@H]5CCCN5C(=O)[C@@H](c5ccccc5)N(C)C)c4c3)cc2)C1)c1ccccc1. The molecule has 3 aliphatic rings. The normalized spacial score (nSPS) is 19.4. The minimum atomic E-state index is -0.578. The number of hydrogen-bond acceptors (Lipinski definition) is 6. The summed E-state index contributed by atoms with van der Waals surface area (Å²) < 4.78 is 0. The Morgan fingerprint density at radius 1 is 0.782 bits per heavy atom. The first kappa shape index (κ1) is 36.1. The molecule has 3 aliphatic heterocycles. The van der Waals surface area contributed by atoms with Gasteiger partial charge in [-0.2, -0.15) is 5.10 Å². The monoisotopic (exact) mass is 733 g/mol. The zero-order chi connectivity index (χ0) is 38.1. The quantitative estimate of drug-likeness (QED) is 0.155. The van der Waals surface area contributed by atoms with Crippen molar-refractivity contribution in [1.29, 1.82) is 0 Å². The first-order chi connectivity index (χ1) is 26.8. The van der Waals surface area contributed by atoms with Gasteiger partial charge in [-0.25, -0.2) is 0 Å². The fraction of sp³-hybridized carbons (Fsp3) is 0.311. The fourth-order valence-electron chi connectivity index (χ4n) is 8.46. The van der Waals surface area contributed by atoms with E-state index in [1.807, 2.05) is 116 Å². The summed E-state index contributed by atoms with van der Waals surface area (Å²) in [7, 11) is 3.78. The highest BCUT2D eigenvalue weighted by atomic mass is 16.2. The molecule has 2 fully saturated rings. The second-order valence-electron chi connectivity index (χ2n) is 15.1. The summed E-state index contributed by atoms with van der Waals surface area (Å²) >= 11 is 0. The number of nitrogens with one attached hydrogen (secondary N) is 2. The lowest BCUT2D eigenvalue weighted by molar-refractivity contribution is -0.140. The van der Waals surface area contributed by atoms with Crippen LogP contribution in [-0.2, 0) is 14.4 Å². The molecule has 0 spiro atoms. The number of anilines is 1. The molecule has 0 unspecified atom stereocenters. The third-order valence-electron chi connectivity index (χ3n) is 11.4. The molecular formula is C45H47N7O3. The van der Waals surface area contributed by atoms with Gasteiger partial charge in [-0.3, -0.25) is 29.4 Å². The van der Waals surface area contributed by atoms with Crippen LogP contribution in [0.1, 0.15) is 67.7 Å². The maximum absolute atomic E-state index is 13.9. The molecular weight excluding hydrogens is 687 g/mol. The average Bonchev–Trinajstić information content (AvgIpc) is 4.05. The van der Waals surface area contributed by atoms with Crippen LogP contribution >= 0.6 is 0 Å². The Bertz CT molecular complexity index is 2260. The van der Waals surface area contributed by atoms with Crippen LogP contribution in [0, 0.1) is 0 Å². The Labute approximate surface area is 321 Å². The van der Waals surface area contributed by atoms with Gasteiger partial charge in [-0.1, -0.05) is 91.0 Å². The number of rotatable bonds is 10. The molecule has 8 rings (SSSR count). The molecule has 0 radical (unpaired) electrons. The molecule has 1 aromatic heterocycles. The van der Waals surface area contributed by atoms with Crippen LogP contribution in [0.5, 0.6) is 0 Å². The van der Waals surface area contributed by atoms with Gasteiger partial charge in [0.1, 0.15) is 12.1 Å². The molecule has 0 aliphatic carbocycles. The molecule has 10 nitrogen and oxygen atoms in total. The van der Waals surface area contributed by atoms with Crippen LogP contribution in [0.15, 0.2) is 114 Å². The summed E-state index contributed by atoms with van der Waals surface area (Å²) in [6.45, 7) is 3.30. The Balaban J connectivity index is 0.928. The number of aromatic nitrogens is 2. The predicted octanol–water partition coefficient (Wildman–Crippen LogP) is 7.44. The van der Waals surface area contributed by atoms with Gasteiger partial charge in [0.25, 0.3) is 0 Å². The van der Waals surface area contributed by atoms with E-state index < -0.39 is 12.1 Å². The Morgan fingerprint density at radius 3 is 2.16 bits per heavy atom. The standard InChI is InChI=1S/C45H47N7O3/c1-29(30-12-6-4-7-13-30)44(54)51-24-10-16-39(51)38-27-35(28-46-38)32-20-18-31(19-21-32)34-22-23-37-36(26-34)42(49-48-37)47-43(53)40-17-11-25-52(40)45(55)41(50(2)3)33-14-8-5-9-15-33/h4-9,12-15,18-23,26,28-29,39-41H,10-11,16-17,24-25,27H2,1-3H3,(H2,47,48,49,53)/t29-,39+,40+,41-/m1/s1. The zero-order valence-corrected chi connectivity index (χ0v) is 31.6. The lowest BCUT2D eigenvalue weighted by atomic mass is 9.95. The Hall–Kier alpha value is -5.87. The van der Waals surface area contributed by atoms with Crippen LogP contribution in [0.4, 0.5) is 5.82 Å². The number of carbonyl (C=O) groups excluding carboxylic acids is 3. The van der Waals surface area contributed by atoms with E-state index in [0.717, 1.165) is 82.2 Å². The minimum Gasteiger partial charge on any atom is -0.334 e. The van der Waals surface area contributed by atoms with E-state index in [9.17, 15) is 14.4 Å². The highest BCUT2D eigenvalue weighted by Crippen LogP contribution is 2.34. The number of aliphatic imine (C=N–C) groups is 1. The maximum atomic E-state index is 13.9. The summed E-state index contributed by atoms with van der Waals surface area (Å²) in [5.74, 6) is 0.114. The van der Waals surface area contributed by atoms with Crippen LogP contribution < -0.4 is 5.32 Å². The van der Waals surface area contributed by atoms with Crippen molar-refractivity contribution in [3.8, 4) is 11.1 Å². The summed E-state index contributed by atoms with van der Waals surface area (Å²) in [6, 6.07) is 33.2. The number of fused-ring (bicyclic) bond motifs is 1. The van der Waals surface area contributed by atoms with E-state index in [-0.39, 0.29) is 29.7 Å². The van der Waals surface area contributed by atoms with Gasteiger partial charge in [-0.15, -0.1) is 0 Å². The number of likely N-dealkylation sites (tertiary alicyclic amines) is 2. The molecule has 2 N–H and O–H groups in total. The third-order valence-corrected chi connectivity index (χ3v) is 11.4. The second-order valence-corrected chi connectivity index (χ2v) is 15.1. The number of benzene rings is 4. The molecule has 0 bridgehead atoms. The lowest BCUT2D eigenvalue weighted by Crippen LogP contribution is -2.47. The van der Waals surface area contributed by atoms with E-state index >= 15 is 0 Å². The van der Waals surface area contributed by atoms with Gasteiger partial charge >= 0.3 is 0 Å². The van der Waals surface area contributed by atoms with Gasteiger partial charge in [0.15, 0.2) is 5.82 Å². The molecule has 0 saturated carbocycles. The molecule has 4 aromatic carbocycles. The molecule has 5 aromatic rings. The summed E-state index contributed by atoms with van der Waals surface area (Å²) in [5, 5.41) is 11.4. The van der Waals surface area contributed by atoms with Gasteiger partial charge in [-0.05, 0) is 92.2 Å². The smallest absolute Gasteiger partial charge is 0.248 e. The molecule has 4 heterocycles. The first-order valence-corrected chi connectivity index (χ1v) is 19.3. The topological polar surface area (TPSA) is 114 Å². The Kier molecular flexibility index (Phi) is 10.2. The van der Waals surface area contributed by atoms with Crippen molar-refractivity contribution in [1.82, 2.24) is 24.9 Å². The number of likely N-dealkylation sites (N-methyl/N-ethyl adjacent to an activating group) is 1. The van der Waals surface area contributed by atoms with Crippen molar-refractivity contribution in [3.05, 3.63) is 126 Å². The van der Waals surface area contributed by atoms with Gasteiger partial charge in [0, 0.05) is 36.8 Å². The average molecular weight is 734 g/mol. The maximum Gasteiger partial charge on any atom is 0.248 e. The highest BCUT2D eigenvalue weighted by Gasteiger charge is 2.39. The number of allylic oxidation sites excluding steroid dienone is 1. The number of hydrogen-bond donors (Lipinski definition) is 2. The predicted molar refractivity (Wildman–Crippen MR) is 217 cm³/mol. The van der Waals surface area contributed by atoms with E-state index in [4.69, 9.17) is 4.99 Å². The van der Waals surface area contributed by atoms with Gasteiger partial charge < -0.3 is 15.1 Å². The molecule has 10 heteroatoms. The summed E-state index contributed by atoms with van der Waals surface area (Å²) in [6.07, 6.45) is 5.96. The van der Waals surface area contributed by atoms with Crippen LogP contribution in [0.3, 0.4) is 0 Å². The van der Waals surface area contributed by atoms with Crippen molar-refractivity contribution in [3.63, 3.8) is 0 Å². The van der Waals surface area contributed by atoms with Gasteiger partial charge in [0.2, 0.25) is 17.7 Å². The summed E-state index contributed by atoms with van der Waals surface area (Å²) in [4.78, 5) is 51.7. The number of aromatic amines is 1. The molecule has 2 saturated heterocycles. The van der Waals surface area contributed by atoms with E-state index in [2.05, 4.69) is 39.8 Å². The van der Waals surface area contributed by atoms with Crippen LogP contribution in [0.25, 0.3) is 27.6 Å². The number of nitrogens with zero attached hydrogens (tertiary/aromatic N) is 5. The van der Waals surface area contributed by atoms with Crippen molar-refractivity contribution in [2.45, 2.75) is 63.1 Å². The number of H-pyrrole nitrogens is 1. The van der Waals surface area contributed by atoms with E-state index in [1.165, 1.54) is 0 Å².